The molecule has 0 amide bonds. The molecule has 0 bridgehead atoms. The van der Waals surface area contributed by atoms with E-state index in [1.807, 2.05) is 0 Å². The van der Waals surface area contributed by atoms with Crippen LogP contribution in [0.1, 0.15) is 85.4 Å². The first-order chi connectivity index (χ1) is 56.4. The lowest BCUT2D eigenvalue weighted by molar-refractivity contribution is 0.357. The number of allylic oxidation sites excluding steroid dienone is 12. The van der Waals surface area contributed by atoms with Gasteiger partial charge in [-0.15, -0.1) is 0 Å². The molecule has 116 heavy (non-hydrogen) atoms. The highest BCUT2D eigenvalue weighted by atomic mass is 15.2. The highest BCUT2D eigenvalue weighted by Gasteiger charge is 2.48. The van der Waals surface area contributed by atoms with Crippen molar-refractivity contribution in [2.45, 2.75) is 79.6 Å². The molecule has 4 aliphatic carbocycles. The van der Waals surface area contributed by atoms with Crippen LogP contribution in [0.3, 0.4) is 0 Å². The summed E-state index contributed by atoms with van der Waals surface area (Å²) in [6, 6.07) is 127. The van der Waals surface area contributed by atoms with Crippen LogP contribution in [0.5, 0.6) is 0 Å². The predicted molar refractivity (Wildman–Crippen MR) is 495 cm³/mol. The van der Waals surface area contributed by atoms with Gasteiger partial charge < -0.3 is 14.7 Å². The first-order valence-corrected chi connectivity index (χ1v) is 41.5. The molecule has 0 fully saturated rings. The fourth-order valence-electron chi connectivity index (χ4n) is 19.2. The number of hydrogen-bond acceptors (Lipinski definition) is 3. The van der Waals surface area contributed by atoms with Gasteiger partial charge in [-0.25, -0.2) is 0 Å². The van der Waals surface area contributed by atoms with E-state index < -0.39 is 0 Å². The third-order valence-corrected chi connectivity index (χ3v) is 25.2. The zero-order chi connectivity index (χ0) is 78.7. The zero-order valence-electron chi connectivity index (χ0n) is 67.7. The molecule has 0 spiro atoms. The Hall–Kier alpha value is -13.0. The van der Waals surface area contributed by atoms with Crippen LogP contribution < -0.4 is 31.1 Å². The van der Waals surface area contributed by atoms with Crippen molar-refractivity contribution < 1.29 is 0 Å². The van der Waals surface area contributed by atoms with E-state index in [0.717, 1.165) is 113 Å². The van der Waals surface area contributed by atoms with Crippen LogP contribution in [0.15, 0.2) is 398 Å². The number of rotatable bonds is 13. The van der Waals surface area contributed by atoms with Gasteiger partial charge in [-0.3, -0.25) is 0 Å². The van der Waals surface area contributed by atoms with Crippen LogP contribution >= 0.6 is 0 Å². The van der Waals surface area contributed by atoms with E-state index in [1.165, 1.54) is 83.2 Å². The molecule has 0 radical (unpaired) electrons. The van der Waals surface area contributed by atoms with Crippen molar-refractivity contribution in [3.05, 3.63) is 415 Å². The maximum absolute atomic E-state index is 2.76. The van der Waals surface area contributed by atoms with Gasteiger partial charge >= 0.3 is 0 Å². The molecule has 560 valence electrons. The number of hydrogen-bond donors (Lipinski definition) is 0. The number of nitrogens with zero attached hydrogens (tertiary/aromatic N) is 3. The third-order valence-electron chi connectivity index (χ3n) is 25.2. The summed E-state index contributed by atoms with van der Waals surface area (Å²) in [5.41, 5.74) is 40.0. The minimum absolute atomic E-state index is 0.0462. The number of fused-ring (bicyclic) bond motifs is 4. The maximum Gasteiger partial charge on any atom is 0.252 e. The van der Waals surface area contributed by atoms with Gasteiger partial charge in [-0.1, -0.05) is 366 Å². The molecule has 0 saturated carbocycles. The van der Waals surface area contributed by atoms with Gasteiger partial charge in [0.15, 0.2) is 0 Å². The summed E-state index contributed by atoms with van der Waals surface area (Å²) in [5, 5.41) is 0. The van der Waals surface area contributed by atoms with E-state index in [0.29, 0.717) is 17.8 Å². The average molecular weight is 1490 g/mol. The molecule has 3 nitrogen and oxygen atoms in total. The Morgan fingerprint density at radius 3 is 1.15 bits per heavy atom. The number of benzene rings is 14. The van der Waals surface area contributed by atoms with Crippen molar-refractivity contribution in [2.24, 2.45) is 23.2 Å². The van der Waals surface area contributed by atoms with E-state index >= 15 is 0 Å². The fraction of sp³-hybridized carbons (Fsp3) is 0.143. The smallest absolute Gasteiger partial charge is 0.252 e. The Labute approximate surface area is 685 Å². The first kappa shape index (κ1) is 72.0. The van der Waals surface area contributed by atoms with Crippen LogP contribution in [0, 0.1) is 23.2 Å². The molecule has 0 N–H and O–H groups in total. The van der Waals surface area contributed by atoms with Crippen LogP contribution in [0.25, 0.3) is 83.5 Å². The normalized spacial score (nSPS) is 16.4. The van der Waals surface area contributed by atoms with Crippen LogP contribution in [-0.2, 0) is 10.8 Å². The lowest BCUT2D eigenvalue weighted by Gasteiger charge is -2.47. The van der Waals surface area contributed by atoms with Gasteiger partial charge in [0.2, 0.25) is 0 Å². The maximum atomic E-state index is 2.76. The standard InChI is InChI=1S/C112H94BN3/c1-110(2,3)89-63-86-47-45-84-61-88(62-85-46-48-87(64-89)106(86)105(84)85)83-53-59-99-102(66-83)116(109-97(80-41-27-15-28-42-80)69-91(112(7,8)9)70-98(109)81-43-29-16-30-44-81)104-72-94(114(92-55-49-76(50-56-92)73-31-17-10-18-32-73)93-57-51-77(52-58-93)74-33-19-11-20-34-74)71-103-107(104)113(99)100-65-82(75-35-21-12-22-36-75)54-60-101(100)115(103)108-95(78-37-23-13-24-38-78)67-90(111(4,5)6)68-96(108)79-39-25-14-26-40-79/h10-45,47-72,85,105-106H,46H2,1-9H3. The molecule has 6 aliphatic rings. The zero-order valence-corrected chi connectivity index (χ0v) is 67.7. The van der Waals surface area contributed by atoms with Crippen molar-refractivity contribution in [2.75, 3.05) is 14.7 Å². The second-order valence-electron chi connectivity index (χ2n) is 35.6. The average Bonchev–Trinajstić information content (AvgIpc) is 0.687. The summed E-state index contributed by atoms with van der Waals surface area (Å²) in [5.74, 6) is 1.00. The van der Waals surface area contributed by atoms with E-state index in [2.05, 4.69) is 453 Å². The minimum Gasteiger partial charge on any atom is -0.310 e. The summed E-state index contributed by atoms with van der Waals surface area (Å²) < 4.78 is 0. The molecule has 0 saturated heterocycles. The molecule has 14 aromatic carbocycles. The van der Waals surface area contributed by atoms with E-state index in [-0.39, 0.29) is 23.0 Å². The summed E-state index contributed by atoms with van der Waals surface area (Å²) in [6.45, 7) is 21.0. The Kier molecular flexibility index (Phi) is 17.7. The molecule has 20 rings (SSSR count). The highest BCUT2D eigenvalue weighted by molar-refractivity contribution is 7.00. The van der Waals surface area contributed by atoms with Gasteiger partial charge in [0.25, 0.3) is 6.71 Å². The highest BCUT2D eigenvalue weighted by Crippen LogP contribution is 2.59. The van der Waals surface area contributed by atoms with E-state index in [9.17, 15) is 0 Å². The fourth-order valence-corrected chi connectivity index (χ4v) is 19.2. The molecule has 3 atom stereocenters. The first-order valence-electron chi connectivity index (χ1n) is 41.5. The lowest BCUT2D eigenvalue weighted by Crippen LogP contribution is -2.61. The molecular weight excluding hydrogens is 1400 g/mol. The van der Waals surface area contributed by atoms with Crippen LogP contribution in [0.4, 0.5) is 51.2 Å². The quantitative estimate of drug-likeness (QED) is 0.107. The second-order valence-corrected chi connectivity index (χ2v) is 35.6. The Morgan fingerprint density at radius 1 is 0.310 bits per heavy atom. The van der Waals surface area contributed by atoms with Crippen molar-refractivity contribution >= 4 is 79.9 Å². The second kappa shape index (κ2) is 28.5. The van der Waals surface area contributed by atoms with Crippen LogP contribution in [0.2, 0.25) is 0 Å². The van der Waals surface area contributed by atoms with Crippen molar-refractivity contribution in [3.8, 4) is 77.9 Å². The summed E-state index contributed by atoms with van der Waals surface area (Å²) in [6.07, 6.45) is 18.7. The molecule has 14 aromatic rings. The minimum atomic E-state index is -0.287. The molecule has 0 aromatic heterocycles. The van der Waals surface area contributed by atoms with Crippen molar-refractivity contribution in [1.29, 1.82) is 0 Å². The summed E-state index contributed by atoms with van der Waals surface area (Å²) in [4.78, 5) is 8.02. The van der Waals surface area contributed by atoms with Crippen molar-refractivity contribution in [1.82, 2.24) is 0 Å². The van der Waals surface area contributed by atoms with E-state index in [1.54, 1.807) is 0 Å². The SMILES string of the molecule is CC(C)(C)C1=CC2=CCC3C=C(c4ccc5c(c4)N(c4c(-c6ccccc6)cc(C(C)(C)C)cc4-c4ccccc4)c4cc(N(c6ccc(-c7ccccc7)cc6)c6ccc(-c7ccccc7)cc6)cc6c4B5c4cc(-c5ccccc5)ccc4N6c4c(-c5ccccc5)cc(C(C)(C)C)cc4-c4ccccc4)C=C4C=CC(=C1)C2C43. The predicted octanol–water partition coefficient (Wildman–Crippen LogP) is 28.5. The van der Waals surface area contributed by atoms with Gasteiger partial charge in [0, 0.05) is 68.2 Å². The molecule has 2 aliphatic heterocycles. The monoisotopic (exact) mass is 1490 g/mol. The Morgan fingerprint density at radius 2 is 0.707 bits per heavy atom. The van der Waals surface area contributed by atoms with Gasteiger partial charge in [0.05, 0.1) is 17.1 Å². The van der Waals surface area contributed by atoms with Gasteiger partial charge in [0.1, 0.15) is 0 Å². The molecular formula is C112H94BN3. The van der Waals surface area contributed by atoms with Crippen LogP contribution in [-0.4, -0.2) is 6.71 Å². The molecule has 3 unspecified atom stereocenters. The van der Waals surface area contributed by atoms with E-state index in [4.69, 9.17) is 0 Å². The summed E-state index contributed by atoms with van der Waals surface area (Å²) >= 11 is 0. The largest absolute Gasteiger partial charge is 0.310 e. The third kappa shape index (κ3) is 12.8. The van der Waals surface area contributed by atoms with Gasteiger partial charge in [-0.05, 0) is 218 Å². The number of anilines is 9. The Balaban J connectivity index is 0.945. The molecule has 2 heterocycles. The topological polar surface area (TPSA) is 9.72 Å². The lowest BCUT2D eigenvalue weighted by atomic mass is 9.33. The van der Waals surface area contributed by atoms with Gasteiger partial charge in [-0.2, -0.15) is 0 Å². The van der Waals surface area contributed by atoms with Crippen molar-refractivity contribution in [3.63, 3.8) is 0 Å². The summed E-state index contributed by atoms with van der Waals surface area (Å²) in [7, 11) is 0. The Bertz CT molecular complexity index is 6160. The molecule has 4 heteroatoms.